The van der Waals surface area contributed by atoms with Gasteiger partial charge in [-0.3, -0.25) is 0 Å². The van der Waals surface area contributed by atoms with Crippen LogP contribution in [0.1, 0.15) is 18.1 Å². The van der Waals surface area contributed by atoms with Gasteiger partial charge in [-0.05, 0) is 19.4 Å². The molecule has 24 heavy (non-hydrogen) atoms. The van der Waals surface area contributed by atoms with Gasteiger partial charge in [0.05, 0.1) is 12.7 Å². The number of carbonyl (C=O) groups excluding carboxylic acids is 1. The van der Waals surface area contributed by atoms with Crippen LogP contribution in [0.25, 0.3) is 5.57 Å². The maximum absolute atomic E-state index is 15.2. The first-order valence-electron chi connectivity index (χ1n) is 7.01. The zero-order chi connectivity index (χ0) is 18.3. The summed E-state index contributed by atoms with van der Waals surface area (Å²) in [6, 6.07) is 5.83. The van der Waals surface area contributed by atoms with Crippen molar-refractivity contribution in [2.75, 3.05) is 14.2 Å². The molecule has 0 aliphatic heterocycles. The van der Waals surface area contributed by atoms with Crippen LogP contribution in [-0.2, 0) is 14.3 Å². The summed E-state index contributed by atoms with van der Waals surface area (Å²) in [6.07, 6.45) is 0. The highest BCUT2D eigenvalue weighted by atomic mass is 19.2. The molecule has 1 aromatic carbocycles. The van der Waals surface area contributed by atoms with Gasteiger partial charge in [-0.15, -0.1) is 0 Å². The molecule has 0 saturated carbocycles. The van der Waals surface area contributed by atoms with Gasteiger partial charge in [0.25, 0.3) is 5.60 Å². The van der Waals surface area contributed by atoms with Crippen LogP contribution >= 0.6 is 0 Å². The van der Waals surface area contributed by atoms with Crippen LogP contribution in [0.4, 0.5) is 17.6 Å². The second-order valence-electron chi connectivity index (χ2n) is 5.57. The third-order valence-corrected chi connectivity index (χ3v) is 4.10. The van der Waals surface area contributed by atoms with Gasteiger partial charge in [-0.2, -0.15) is 0 Å². The monoisotopic (exact) mass is 344 g/mol. The number of halogens is 4. The Morgan fingerprint density at radius 2 is 1.75 bits per heavy atom. The van der Waals surface area contributed by atoms with Crippen molar-refractivity contribution in [3.8, 4) is 0 Å². The molecule has 2 atom stereocenters. The SMILES string of the molecule is COC(=O)C1(OC)C(F)=C(F)C(c2cccc(C)c2)=C(F)C1(C)F. The van der Waals surface area contributed by atoms with E-state index in [2.05, 4.69) is 9.47 Å². The number of esters is 1. The number of ether oxygens (including phenoxy) is 2. The molecular formula is C17H16F4O3. The van der Waals surface area contributed by atoms with Crippen molar-refractivity contribution < 1.29 is 31.8 Å². The van der Waals surface area contributed by atoms with Crippen molar-refractivity contribution >= 4 is 11.5 Å². The smallest absolute Gasteiger partial charge is 0.349 e. The minimum absolute atomic E-state index is 0.0569. The number of hydrogen-bond donors (Lipinski definition) is 0. The van der Waals surface area contributed by atoms with Gasteiger partial charge >= 0.3 is 5.97 Å². The summed E-state index contributed by atoms with van der Waals surface area (Å²) >= 11 is 0. The van der Waals surface area contributed by atoms with Crippen LogP contribution in [0.2, 0.25) is 0 Å². The van der Waals surface area contributed by atoms with Crippen LogP contribution in [0.3, 0.4) is 0 Å². The summed E-state index contributed by atoms with van der Waals surface area (Å²) in [5, 5.41) is 0. The molecule has 7 heteroatoms. The van der Waals surface area contributed by atoms with E-state index in [1.165, 1.54) is 18.2 Å². The number of allylic oxidation sites excluding steroid dienone is 2. The molecule has 2 rings (SSSR count). The zero-order valence-corrected chi connectivity index (χ0v) is 13.5. The van der Waals surface area contributed by atoms with E-state index < -0.39 is 40.3 Å². The summed E-state index contributed by atoms with van der Waals surface area (Å²) in [4.78, 5) is 11.9. The third-order valence-electron chi connectivity index (χ3n) is 4.10. The summed E-state index contributed by atoms with van der Waals surface area (Å²) in [6.45, 7) is 2.26. The van der Waals surface area contributed by atoms with E-state index in [0.717, 1.165) is 14.2 Å². The number of methoxy groups -OCH3 is 2. The average Bonchev–Trinajstić information content (AvgIpc) is 2.54. The molecule has 0 saturated heterocycles. The second-order valence-corrected chi connectivity index (χ2v) is 5.57. The first-order chi connectivity index (χ1) is 11.1. The van der Waals surface area contributed by atoms with Gasteiger partial charge in [-0.25, -0.2) is 22.4 Å². The van der Waals surface area contributed by atoms with Crippen LogP contribution in [-0.4, -0.2) is 31.5 Å². The lowest BCUT2D eigenvalue weighted by Gasteiger charge is -2.40. The normalized spacial score (nSPS) is 27.5. The predicted octanol–water partition coefficient (Wildman–Crippen LogP) is 4.13. The molecule has 1 aromatic rings. The van der Waals surface area contributed by atoms with E-state index in [1.807, 2.05) is 0 Å². The first-order valence-corrected chi connectivity index (χ1v) is 7.01. The Hall–Kier alpha value is -2.15. The average molecular weight is 344 g/mol. The van der Waals surface area contributed by atoms with Crippen LogP contribution in [0.15, 0.2) is 41.7 Å². The summed E-state index contributed by atoms with van der Waals surface area (Å²) in [5.41, 5.74) is -6.81. The van der Waals surface area contributed by atoms with Crippen LogP contribution in [0, 0.1) is 6.92 Å². The standard InChI is InChI=1S/C17H16F4O3/c1-9-6-5-7-10(8-9)11-12(18)14(20)17(24-4,15(22)23-3)16(2,21)13(11)19/h5-8H,1-4H3. The molecule has 0 heterocycles. The largest absolute Gasteiger partial charge is 0.466 e. The molecule has 0 aromatic heterocycles. The Balaban J connectivity index is 2.82. The van der Waals surface area contributed by atoms with Gasteiger partial charge in [0.1, 0.15) is 0 Å². The number of hydrogen-bond acceptors (Lipinski definition) is 3. The molecule has 0 amide bonds. The number of benzene rings is 1. The topological polar surface area (TPSA) is 35.5 Å². The van der Waals surface area contributed by atoms with Gasteiger partial charge in [0, 0.05) is 7.11 Å². The fourth-order valence-electron chi connectivity index (χ4n) is 2.80. The lowest BCUT2D eigenvalue weighted by molar-refractivity contribution is -0.180. The van der Waals surface area contributed by atoms with Gasteiger partial charge in [0.15, 0.2) is 17.5 Å². The zero-order valence-electron chi connectivity index (χ0n) is 13.5. The molecule has 1 aliphatic rings. The Morgan fingerprint density at radius 1 is 1.12 bits per heavy atom. The van der Waals surface area contributed by atoms with Crippen molar-refractivity contribution in [1.82, 2.24) is 0 Å². The fraction of sp³-hybridized carbons (Fsp3) is 0.353. The molecule has 2 unspecified atom stereocenters. The molecule has 0 spiro atoms. The summed E-state index contributed by atoms with van der Waals surface area (Å²) < 4.78 is 68.2. The van der Waals surface area contributed by atoms with Gasteiger partial charge < -0.3 is 9.47 Å². The van der Waals surface area contributed by atoms with Crippen molar-refractivity contribution in [3.05, 3.63) is 52.9 Å². The molecule has 0 bridgehead atoms. The minimum Gasteiger partial charge on any atom is -0.466 e. The quantitative estimate of drug-likeness (QED) is 0.611. The summed E-state index contributed by atoms with van der Waals surface area (Å²) in [5.74, 6) is -6.82. The van der Waals surface area contributed by atoms with E-state index >= 15 is 4.39 Å². The Morgan fingerprint density at radius 3 is 2.25 bits per heavy atom. The maximum Gasteiger partial charge on any atom is 0.349 e. The lowest BCUT2D eigenvalue weighted by atomic mass is 9.76. The van der Waals surface area contributed by atoms with Crippen molar-refractivity contribution in [2.24, 2.45) is 0 Å². The van der Waals surface area contributed by atoms with E-state index in [1.54, 1.807) is 13.0 Å². The molecule has 1 aliphatic carbocycles. The molecule has 3 nitrogen and oxygen atoms in total. The van der Waals surface area contributed by atoms with Crippen LogP contribution in [0.5, 0.6) is 0 Å². The lowest BCUT2D eigenvalue weighted by Crippen LogP contribution is -2.60. The molecule has 0 fully saturated rings. The van der Waals surface area contributed by atoms with E-state index in [0.29, 0.717) is 12.5 Å². The number of carbonyl (C=O) groups is 1. The highest BCUT2D eigenvalue weighted by molar-refractivity contribution is 5.92. The van der Waals surface area contributed by atoms with Crippen LogP contribution < -0.4 is 0 Å². The highest BCUT2D eigenvalue weighted by Crippen LogP contribution is 2.53. The van der Waals surface area contributed by atoms with E-state index in [9.17, 15) is 18.0 Å². The molecular weight excluding hydrogens is 328 g/mol. The molecule has 130 valence electrons. The first kappa shape index (κ1) is 18.2. The van der Waals surface area contributed by atoms with E-state index in [-0.39, 0.29) is 5.56 Å². The summed E-state index contributed by atoms with van der Waals surface area (Å²) in [7, 11) is 1.61. The number of alkyl halides is 1. The van der Waals surface area contributed by atoms with Gasteiger partial charge in [-0.1, -0.05) is 29.8 Å². The van der Waals surface area contributed by atoms with Crippen molar-refractivity contribution in [3.63, 3.8) is 0 Å². The number of rotatable bonds is 3. The van der Waals surface area contributed by atoms with Gasteiger partial charge in [0.2, 0.25) is 5.67 Å². The highest BCUT2D eigenvalue weighted by Gasteiger charge is 2.67. The maximum atomic E-state index is 15.2. The minimum atomic E-state index is -3.31. The predicted molar refractivity (Wildman–Crippen MR) is 79.7 cm³/mol. The molecule has 0 N–H and O–H groups in total. The fourth-order valence-corrected chi connectivity index (χ4v) is 2.80. The number of aryl methyl sites for hydroxylation is 1. The van der Waals surface area contributed by atoms with E-state index in [4.69, 9.17) is 0 Å². The third kappa shape index (κ3) is 2.26. The Bertz CT molecular complexity index is 752. The second kappa shape index (κ2) is 6.05. The Kier molecular flexibility index (Phi) is 4.59. The van der Waals surface area contributed by atoms with Crippen molar-refractivity contribution in [1.29, 1.82) is 0 Å². The van der Waals surface area contributed by atoms with Crippen molar-refractivity contribution in [2.45, 2.75) is 25.1 Å². The Labute approximate surface area is 136 Å². The molecule has 0 radical (unpaired) electrons.